The lowest BCUT2D eigenvalue weighted by Crippen LogP contribution is -2.40. The fraction of sp³-hybridized carbons (Fsp3) is 0.294. The predicted octanol–water partition coefficient (Wildman–Crippen LogP) is 1.45. The minimum Gasteiger partial charge on any atom is -0.490 e. The molecule has 0 saturated carbocycles. The molecule has 0 aromatic heterocycles. The molecule has 0 aliphatic heterocycles. The van der Waals surface area contributed by atoms with E-state index in [1.807, 2.05) is 54.6 Å². The fourth-order valence-electron chi connectivity index (χ4n) is 2.18. The summed E-state index contributed by atoms with van der Waals surface area (Å²) in [6, 6.07) is 16.7. The van der Waals surface area contributed by atoms with E-state index in [1.54, 1.807) is 0 Å². The van der Waals surface area contributed by atoms with Crippen LogP contribution in [-0.4, -0.2) is 30.0 Å². The van der Waals surface area contributed by atoms with Crippen molar-refractivity contribution in [1.82, 2.24) is 0 Å². The van der Waals surface area contributed by atoms with E-state index >= 15 is 0 Å². The van der Waals surface area contributed by atoms with Gasteiger partial charge in [-0.2, -0.15) is 0 Å². The number of hydrogen-bond acceptors (Lipinski definition) is 4. The van der Waals surface area contributed by atoms with Gasteiger partial charge in [-0.3, -0.25) is 0 Å². The lowest BCUT2D eigenvalue weighted by Gasteiger charge is -2.27. The Labute approximate surface area is 124 Å². The highest BCUT2D eigenvalue weighted by Gasteiger charge is 2.28. The Morgan fingerprint density at radius 1 is 1.00 bits per heavy atom. The Hall–Kier alpha value is -1.88. The number of benzene rings is 2. The molecule has 0 bridgehead atoms. The van der Waals surface area contributed by atoms with Crippen molar-refractivity contribution in [2.75, 3.05) is 19.8 Å². The Bertz CT molecular complexity index is 559. The number of rotatable bonds is 7. The Morgan fingerprint density at radius 2 is 1.67 bits per heavy atom. The third-order valence-corrected chi connectivity index (χ3v) is 3.47. The van der Waals surface area contributed by atoms with Gasteiger partial charge in [-0.05, 0) is 23.6 Å². The maximum atomic E-state index is 10.7. The number of ether oxygens (including phenoxy) is 1. The first-order valence-electron chi connectivity index (χ1n) is 6.99. The lowest BCUT2D eigenvalue weighted by atomic mass is 9.95. The molecule has 4 N–H and O–H groups in total. The molecule has 0 amide bonds. The van der Waals surface area contributed by atoms with Gasteiger partial charge in [0.15, 0.2) is 0 Å². The van der Waals surface area contributed by atoms with Crippen LogP contribution in [0.2, 0.25) is 0 Å². The zero-order valence-corrected chi connectivity index (χ0v) is 11.9. The van der Waals surface area contributed by atoms with Gasteiger partial charge in [-0.15, -0.1) is 0 Å². The number of para-hydroxylation sites is 1. The van der Waals surface area contributed by atoms with Gasteiger partial charge < -0.3 is 20.7 Å². The number of aliphatic hydroxyl groups is 2. The average Bonchev–Trinajstić information content (AvgIpc) is 2.55. The highest BCUT2D eigenvalue weighted by Crippen LogP contribution is 2.24. The number of hydrogen-bond donors (Lipinski definition) is 3. The van der Waals surface area contributed by atoms with Crippen LogP contribution < -0.4 is 10.5 Å². The van der Waals surface area contributed by atoms with E-state index in [1.165, 1.54) is 0 Å². The molecule has 1 unspecified atom stereocenters. The second-order valence-corrected chi connectivity index (χ2v) is 4.97. The molecule has 1 atom stereocenters. The summed E-state index contributed by atoms with van der Waals surface area (Å²) < 4.78 is 5.76. The molecule has 0 heterocycles. The molecule has 2 aromatic rings. The van der Waals surface area contributed by atoms with Gasteiger partial charge in [0.2, 0.25) is 0 Å². The molecule has 2 rings (SSSR count). The molecule has 0 radical (unpaired) electrons. The highest BCUT2D eigenvalue weighted by molar-refractivity contribution is 5.34. The van der Waals surface area contributed by atoms with E-state index in [0.717, 1.165) is 11.1 Å². The van der Waals surface area contributed by atoms with Crippen molar-refractivity contribution in [2.45, 2.75) is 12.0 Å². The quantitative estimate of drug-likeness (QED) is 0.720. The van der Waals surface area contributed by atoms with E-state index < -0.39 is 5.60 Å². The monoisotopic (exact) mass is 287 g/mol. The maximum absolute atomic E-state index is 10.7. The van der Waals surface area contributed by atoms with Crippen molar-refractivity contribution in [1.29, 1.82) is 0 Å². The van der Waals surface area contributed by atoms with Crippen molar-refractivity contribution in [3.8, 4) is 5.75 Å². The van der Waals surface area contributed by atoms with Gasteiger partial charge in [-0.1, -0.05) is 48.5 Å². The normalized spacial score (nSPS) is 13.7. The van der Waals surface area contributed by atoms with Gasteiger partial charge in [0, 0.05) is 13.2 Å². The second-order valence-electron chi connectivity index (χ2n) is 4.97. The van der Waals surface area contributed by atoms with Crippen molar-refractivity contribution < 1.29 is 14.9 Å². The summed E-state index contributed by atoms with van der Waals surface area (Å²) in [5, 5.41) is 19.7. The molecule has 4 nitrogen and oxygen atoms in total. The third-order valence-electron chi connectivity index (χ3n) is 3.47. The lowest BCUT2D eigenvalue weighted by molar-refractivity contribution is -0.00175. The number of nitrogens with two attached hydrogens (primary N) is 1. The van der Waals surface area contributed by atoms with Crippen molar-refractivity contribution in [3.05, 3.63) is 65.7 Å². The van der Waals surface area contributed by atoms with Gasteiger partial charge >= 0.3 is 0 Å². The van der Waals surface area contributed by atoms with E-state index in [2.05, 4.69) is 0 Å². The SMILES string of the molecule is NCC(O)(COc1ccccc1CCO)c1ccccc1. The van der Waals surface area contributed by atoms with Crippen LogP contribution in [0, 0.1) is 0 Å². The summed E-state index contributed by atoms with van der Waals surface area (Å²) in [5.41, 5.74) is 6.14. The zero-order chi connectivity index (χ0) is 15.1. The van der Waals surface area contributed by atoms with Crippen molar-refractivity contribution in [3.63, 3.8) is 0 Å². The molecule has 0 aliphatic carbocycles. The van der Waals surface area contributed by atoms with E-state index in [4.69, 9.17) is 15.6 Å². The predicted molar refractivity (Wildman–Crippen MR) is 82.1 cm³/mol. The first-order valence-corrected chi connectivity index (χ1v) is 6.99. The molecule has 0 fully saturated rings. The standard InChI is InChI=1S/C17H21NO3/c18-12-17(20,15-7-2-1-3-8-15)13-21-16-9-5-4-6-14(16)10-11-19/h1-9,19-20H,10-13,18H2. The Kier molecular flexibility index (Phi) is 5.33. The maximum Gasteiger partial charge on any atom is 0.136 e. The molecular formula is C17H21NO3. The van der Waals surface area contributed by atoms with Crippen LogP contribution in [0.3, 0.4) is 0 Å². The van der Waals surface area contributed by atoms with Crippen molar-refractivity contribution >= 4 is 0 Å². The van der Waals surface area contributed by atoms with Gasteiger partial charge in [0.05, 0.1) is 0 Å². The molecular weight excluding hydrogens is 266 g/mol. The number of aliphatic hydroxyl groups excluding tert-OH is 1. The summed E-state index contributed by atoms with van der Waals surface area (Å²) in [4.78, 5) is 0. The highest BCUT2D eigenvalue weighted by atomic mass is 16.5. The summed E-state index contributed by atoms with van der Waals surface area (Å²) in [6.07, 6.45) is 0.516. The van der Waals surface area contributed by atoms with Crippen LogP contribution in [0.1, 0.15) is 11.1 Å². The Morgan fingerprint density at radius 3 is 2.33 bits per heavy atom. The molecule has 21 heavy (non-hydrogen) atoms. The summed E-state index contributed by atoms with van der Waals surface area (Å²) in [5.74, 6) is 0.661. The van der Waals surface area contributed by atoms with Gasteiger partial charge in [-0.25, -0.2) is 0 Å². The molecule has 2 aromatic carbocycles. The topological polar surface area (TPSA) is 75.7 Å². The minimum absolute atomic E-state index is 0.0558. The van der Waals surface area contributed by atoms with Crippen LogP contribution >= 0.6 is 0 Å². The minimum atomic E-state index is -1.23. The van der Waals surface area contributed by atoms with E-state index in [9.17, 15) is 5.11 Å². The van der Waals surface area contributed by atoms with Crippen molar-refractivity contribution in [2.24, 2.45) is 5.73 Å². The zero-order valence-electron chi connectivity index (χ0n) is 11.9. The van der Waals surface area contributed by atoms with Gasteiger partial charge in [0.1, 0.15) is 18.0 Å². The second kappa shape index (κ2) is 7.22. The van der Waals surface area contributed by atoms with Crippen LogP contribution in [0.4, 0.5) is 0 Å². The molecule has 4 heteroatoms. The first kappa shape index (κ1) is 15.5. The largest absolute Gasteiger partial charge is 0.490 e. The van der Waals surface area contributed by atoms with E-state index in [-0.39, 0.29) is 19.8 Å². The summed E-state index contributed by atoms with van der Waals surface area (Å²) >= 11 is 0. The smallest absolute Gasteiger partial charge is 0.136 e. The summed E-state index contributed by atoms with van der Waals surface area (Å²) in [6.45, 7) is 0.190. The van der Waals surface area contributed by atoms with Crippen LogP contribution in [0.25, 0.3) is 0 Å². The third kappa shape index (κ3) is 3.82. The van der Waals surface area contributed by atoms with Crippen LogP contribution in [0.5, 0.6) is 5.75 Å². The van der Waals surface area contributed by atoms with Crippen LogP contribution in [0.15, 0.2) is 54.6 Å². The van der Waals surface area contributed by atoms with E-state index in [0.29, 0.717) is 12.2 Å². The van der Waals surface area contributed by atoms with Gasteiger partial charge in [0.25, 0.3) is 0 Å². The molecule has 112 valence electrons. The fourth-order valence-corrected chi connectivity index (χ4v) is 2.18. The first-order chi connectivity index (χ1) is 10.2. The molecule has 0 aliphatic rings. The molecule has 0 saturated heterocycles. The van der Waals surface area contributed by atoms with Crippen LogP contribution in [-0.2, 0) is 12.0 Å². The molecule has 0 spiro atoms. The summed E-state index contributed by atoms with van der Waals surface area (Å²) in [7, 11) is 0. The Balaban J connectivity index is 2.14. The average molecular weight is 287 g/mol.